The van der Waals surface area contributed by atoms with E-state index in [-0.39, 0.29) is 18.0 Å². The van der Waals surface area contributed by atoms with Crippen LogP contribution in [0, 0.1) is 6.92 Å². The average molecular weight is 367 g/mol. The molecule has 26 heavy (non-hydrogen) atoms. The molecule has 1 heterocycles. The number of benzene rings is 2. The molecule has 0 spiro atoms. The number of thioether (sulfide) groups is 1. The molecule has 0 atom stereocenters. The van der Waals surface area contributed by atoms with Crippen LogP contribution in [0.15, 0.2) is 59.7 Å². The lowest BCUT2D eigenvalue weighted by Crippen LogP contribution is -2.33. The van der Waals surface area contributed by atoms with E-state index < -0.39 is 0 Å². The Balaban J connectivity index is 1.45. The molecule has 0 bridgehead atoms. The molecule has 1 amide bonds. The lowest BCUT2D eigenvalue weighted by Gasteiger charge is -2.08. The van der Waals surface area contributed by atoms with Gasteiger partial charge in [0.2, 0.25) is 5.91 Å². The van der Waals surface area contributed by atoms with Gasteiger partial charge in [-0.1, -0.05) is 42.0 Å². The summed E-state index contributed by atoms with van der Waals surface area (Å²) in [6.45, 7) is 2.63. The Labute approximate surface area is 156 Å². The summed E-state index contributed by atoms with van der Waals surface area (Å²) in [7, 11) is 0. The van der Waals surface area contributed by atoms with E-state index in [1.807, 2.05) is 6.07 Å². The van der Waals surface area contributed by atoms with Gasteiger partial charge < -0.3 is 5.32 Å². The highest BCUT2D eigenvalue weighted by atomic mass is 32.2. The van der Waals surface area contributed by atoms with Crippen molar-refractivity contribution in [2.24, 2.45) is 0 Å². The van der Waals surface area contributed by atoms with E-state index in [2.05, 4.69) is 41.5 Å². The van der Waals surface area contributed by atoms with E-state index in [0.29, 0.717) is 17.4 Å². The number of para-hydroxylation sites is 1. The predicted molar refractivity (Wildman–Crippen MR) is 106 cm³/mol. The summed E-state index contributed by atoms with van der Waals surface area (Å²) in [5.41, 5.74) is 2.98. The van der Waals surface area contributed by atoms with E-state index in [9.17, 15) is 9.59 Å². The van der Waals surface area contributed by atoms with Crippen LogP contribution in [0.1, 0.15) is 11.1 Å². The van der Waals surface area contributed by atoms with Crippen LogP contribution in [0.5, 0.6) is 0 Å². The second-order valence-corrected chi connectivity index (χ2v) is 7.19. The van der Waals surface area contributed by atoms with Crippen molar-refractivity contribution in [2.75, 3.05) is 12.3 Å². The molecule has 3 rings (SSSR count). The Morgan fingerprint density at radius 1 is 1.15 bits per heavy atom. The molecule has 0 saturated heterocycles. The van der Waals surface area contributed by atoms with Gasteiger partial charge in [-0.2, -0.15) is 11.8 Å². The zero-order valence-electron chi connectivity index (χ0n) is 14.6. The number of rotatable bonds is 7. The zero-order chi connectivity index (χ0) is 18.4. The maximum Gasteiger partial charge on any atom is 0.261 e. The molecule has 0 radical (unpaired) electrons. The largest absolute Gasteiger partial charge is 0.354 e. The topological polar surface area (TPSA) is 64.0 Å². The van der Waals surface area contributed by atoms with E-state index in [1.54, 1.807) is 30.0 Å². The number of amides is 1. The minimum absolute atomic E-state index is 0.0146. The molecule has 0 saturated carbocycles. The molecule has 0 unspecified atom stereocenters. The summed E-state index contributed by atoms with van der Waals surface area (Å²) < 4.78 is 1.34. The number of hydrogen-bond donors (Lipinski definition) is 1. The summed E-state index contributed by atoms with van der Waals surface area (Å²) >= 11 is 1.77. The number of hydrogen-bond acceptors (Lipinski definition) is 4. The van der Waals surface area contributed by atoms with Crippen LogP contribution in [0.4, 0.5) is 0 Å². The highest BCUT2D eigenvalue weighted by molar-refractivity contribution is 7.98. The monoisotopic (exact) mass is 367 g/mol. The van der Waals surface area contributed by atoms with E-state index in [4.69, 9.17) is 0 Å². The molecule has 0 fully saturated rings. The number of aromatic nitrogens is 2. The van der Waals surface area contributed by atoms with Crippen LogP contribution in [-0.4, -0.2) is 27.8 Å². The molecular weight excluding hydrogens is 346 g/mol. The third kappa shape index (κ3) is 4.73. The van der Waals surface area contributed by atoms with Crippen LogP contribution in [-0.2, 0) is 17.1 Å². The van der Waals surface area contributed by atoms with Gasteiger partial charge in [0.25, 0.3) is 5.56 Å². The Kier molecular flexibility index (Phi) is 6.07. The smallest absolute Gasteiger partial charge is 0.261 e. The van der Waals surface area contributed by atoms with E-state index in [0.717, 1.165) is 11.5 Å². The first-order valence-corrected chi connectivity index (χ1v) is 9.63. The van der Waals surface area contributed by atoms with Gasteiger partial charge in [-0.3, -0.25) is 14.2 Å². The maximum absolute atomic E-state index is 12.4. The number of carbonyl (C=O) groups is 1. The first kappa shape index (κ1) is 18.2. The van der Waals surface area contributed by atoms with Crippen molar-refractivity contribution >= 4 is 28.6 Å². The van der Waals surface area contributed by atoms with Crippen molar-refractivity contribution < 1.29 is 4.79 Å². The maximum atomic E-state index is 12.4. The van der Waals surface area contributed by atoms with Crippen LogP contribution in [0.3, 0.4) is 0 Å². The first-order chi connectivity index (χ1) is 12.6. The average Bonchev–Trinajstić information content (AvgIpc) is 2.65. The predicted octanol–water partition coefficient (Wildman–Crippen LogP) is 2.75. The summed E-state index contributed by atoms with van der Waals surface area (Å²) in [4.78, 5) is 28.6. The molecule has 0 aliphatic carbocycles. The molecule has 1 aromatic heterocycles. The van der Waals surface area contributed by atoms with Gasteiger partial charge >= 0.3 is 0 Å². The summed E-state index contributed by atoms with van der Waals surface area (Å²) in [6.07, 6.45) is 1.43. The van der Waals surface area contributed by atoms with Crippen molar-refractivity contribution in [3.8, 4) is 0 Å². The summed E-state index contributed by atoms with van der Waals surface area (Å²) in [5.74, 6) is 1.56. The van der Waals surface area contributed by atoms with Crippen LogP contribution >= 0.6 is 11.8 Å². The fourth-order valence-electron chi connectivity index (χ4n) is 2.57. The minimum Gasteiger partial charge on any atom is -0.354 e. The standard InChI is InChI=1S/C20H21N3O2S/c1-15-6-8-16(9-7-15)13-26-11-10-21-19(24)12-23-14-22-18-5-3-2-4-17(18)20(23)25/h2-9,14H,10-13H2,1H3,(H,21,24). The third-order valence-corrected chi connectivity index (χ3v) is 5.03. The zero-order valence-corrected chi connectivity index (χ0v) is 15.5. The summed E-state index contributed by atoms with van der Waals surface area (Å²) in [6, 6.07) is 15.6. The van der Waals surface area contributed by atoms with Crippen molar-refractivity contribution in [1.29, 1.82) is 0 Å². The number of nitrogens with zero attached hydrogens (tertiary/aromatic N) is 2. The Morgan fingerprint density at radius 3 is 2.73 bits per heavy atom. The van der Waals surface area contributed by atoms with Crippen molar-refractivity contribution in [1.82, 2.24) is 14.9 Å². The molecule has 134 valence electrons. The summed E-state index contributed by atoms with van der Waals surface area (Å²) in [5, 5.41) is 3.38. The number of fused-ring (bicyclic) bond motifs is 1. The Hall–Kier alpha value is -2.60. The third-order valence-electron chi connectivity index (χ3n) is 4.00. The molecule has 0 aliphatic heterocycles. The van der Waals surface area contributed by atoms with Gasteiger partial charge in [0.15, 0.2) is 0 Å². The lowest BCUT2D eigenvalue weighted by atomic mass is 10.2. The molecular formula is C20H21N3O2S. The normalized spacial score (nSPS) is 10.8. The first-order valence-electron chi connectivity index (χ1n) is 8.47. The molecule has 3 aromatic rings. The van der Waals surface area contributed by atoms with E-state index >= 15 is 0 Å². The number of nitrogens with one attached hydrogen (secondary N) is 1. The molecule has 5 nitrogen and oxygen atoms in total. The number of aryl methyl sites for hydroxylation is 1. The van der Waals surface area contributed by atoms with Crippen LogP contribution in [0.25, 0.3) is 10.9 Å². The quantitative estimate of drug-likeness (QED) is 0.652. The SMILES string of the molecule is Cc1ccc(CSCCNC(=O)Cn2cnc3ccccc3c2=O)cc1. The number of carbonyl (C=O) groups excluding carboxylic acids is 1. The highest BCUT2D eigenvalue weighted by Crippen LogP contribution is 2.12. The molecule has 2 aromatic carbocycles. The van der Waals surface area contributed by atoms with Crippen molar-refractivity contribution in [3.05, 3.63) is 76.3 Å². The van der Waals surface area contributed by atoms with Gasteiger partial charge in [-0.25, -0.2) is 4.98 Å². The fraction of sp³-hybridized carbons (Fsp3) is 0.250. The second-order valence-electron chi connectivity index (χ2n) is 6.08. The minimum atomic E-state index is -0.195. The van der Waals surface area contributed by atoms with Crippen molar-refractivity contribution in [3.63, 3.8) is 0 Å². The van der Waals surface area contributed by atoms with Crippen LogP contribution < -0.4 is 10.9 Å². The van der Waals surface area contributed by atoms with Gasteiger partial charge in [-0.05, 0) is 24.6 Å². The molecule has 0 aliphatic rings. The van der Waals surface area contributed by atoms with Gasteiger partial charge in [0, 0.05) is 18.1 Å². The second kappa shape index (κ2) is 8.67. The van der Waals surface area contributed by atoms with E-state index in [1.165, 1.54) is 22.0 Å². The lowest BCUT2D eigenvalue weighted by molar-refractivity contribution is -0.121. The van der Waals surface area contributed by atoms with Gasteiger partial charge in [0.1, 0.15) is 6.54 Å². The fourth-order valence-corrected chi connectivity index (χ4v) is 3.39. The van der Waals surface area contributed by atoms with Gasteiger partial charge in [-0.15, -0.1) is 0 Å². The Morgan fingerprint density at radius 2 is 1.92 bits per heavy atom. The highest BCUT2D eigenvalue weighted by Gasteiger charge is 2.07. The molecule has 1 N–H and O–H groups in total. The molecule has 6 heteroatoms. The van der Waals surface area contributed by atoms with Gasteiger partial charge in [0.05, 0.1) is 17.2 Å². The van der Waals surface area contributed by atoms with Crippen LogP contribution in [0.2, 0.25) is 0 Å². The Bertz CT molecular complexity index is 951. The van der Waals surface area contributed by atoms with Crippen molar-refractivity contribution in [2.45, 2.75) is 19.2 Å².